The Kier molecular flexibility index (Phi) is 11.4. The highest BCUT2D eigenvalue weighted by atomic mass is 32.2. The van der Waals surface area contributed by atoms with Crippen molar-refractivity contribution in [3.05, 3.63) is 119 Å². The minimum atomic E-state index is -0.110. The molecule has 54 heavy (non-hydrogen) atoms. The molecule has 4 nitrogen and oxygen atoms in total. The van der Waals surface area contributed by atoms with E-state index in [1.54, 1.807) is 36.0 Å². The van der Waals surface area contributed by atoms with Gasteiger partial charge in [-0.15, -0.1) is 23.5 Å². The Hall–Kier alpha value is -4.52. The number of nitrogens with zero attached hydrogens (tertiary/aromatic N) is 2. The monoisotopic (exact) mass is 752 g/mol. The highest BCUT2D eigenvalue weighted by Gasteiger charge is 2.22. The first-order valence-electron chi connectivity index (χ1n) is 18.7. The van der Waals surface area contributed by atoms with Crippen LogP contribution in [0.4, 0.5) is 11.4 Å². The molecule has 0 aliphatic heterocycles. The zero-order valence-corrected chi connectivity index (χ0v) is 34.8. The molecule has 0 heterocycles. The third-order valence-electron chi connectivity index (χ3n) is 9.42. The molecule has 0 aliphatic carbocycles. The Morgan fingerprint density at radius 3 is 1.24 bits per heavy atom. The summed E-state index contributed by atoms with van der Waals surface area (Å²) in [7, 11) is 0. The number of phenols is 2. The summed E-state index contributed by atoms with van der Waals surface area (Å²) in [6.45, 7) is 21.7. The zero-order chi connectivity index (χ0) is 38.9. The second kappa shape index (κ2) is 15.7. The number of fused-ring (bicyclic) bond motifs is 2. The molecule has 0 unspecified atom stereocenters. The smallest absolute Gasteiger partial charge is 0.137 e. The number of aliphatic imine (C=N–C) groups is 2. The predicted octanol–water partition coefficient (Wildman–Crippen LogP) is 14.2. The van der Waals surface area contributed by atoms with Crippen molar-refractivity contribution in [1.29, 1.82) is 0 Å². The molecular formula is C48H52N2O2S2. The Morgan fingerprint density at radius 1 is 0.519 bits per heavy atom. The minimum absolute atomic E-state index is 0.110. The SMILES string of the molecule is CC(C)Sc1cc(C(C)(C)C)cc(C=Nc2ccc3ccccc3c2-c2c(N=Cc3cc(C(C)(C)C)cc(SC(C)C)c3O)ccc3ccccc23)c1O. The summed E-state index contributed by atoms with van der Waals surface area (Å²) >= 11 is 3.32. The fourth-order valence-electron chi connectivity index (χ4n) is 6.55. The molecule has 6 heteroatoms. The highest BCUT2D eigenvalue weighted by Crippen LogP contribution is 2.46. The van der Waals surface area contributed by atoms with Crippen molar-refractivity contribution < 1.29 is 10.2 Å². The maximum Gasteiger partial charge on any atom is 0.137 e. The van der Waals surface area contributed by atoms with Gasteiger partial charge >= 0.3 is 0 Å². The van der Waals surface area contributed by atoms with E-state index in [-0.39, 0.29) is 22.3 Å². The van der Waals surface area contributed by atoms with Gasteiger partial charge in [0.2, 0.25) is 0 Å². The molecule has 0 amide bonds. The fraction of sp³-hybridized carbons (Fsp3) is 0.292. The first-order valence-corrected chi connectivity index (χ1v) is 20.5. The van der Waals surface area contributed by atoms with E-state index in [9.17, 15) is 10.2 Å². The summed E-state index contributed by atoms with van der Waals surface area (Å²) < 4.78 is 0. The maximum atomic E-state index is 11.5. The van der Waals surface area contributed by atoms with E-state index in [2.05, 4.69) is 166 Å². The van der Waals surface area contributed by atoms with Gasteiger partial charge in [0.15, 0.2) is 0 Å². The van der Waals surface area contributed by atoms with Crippen LogP contribution in [0, 0.1) is 0 Å². The summed E-state index contributed by atoms with van der Waals surface area (Å²) in [5.41, 5.74) is 6.90. The van der Waals surface area contributed by atoms with Gasteiger partial charge in [-0.1, -0.05) is 130 Å². The Bertz CT molecular complexity index is 2230. The first-order chi connectivity index (χ1) is 25.5. The fourth-order valence-corrected chi connectivity index (χ4v) is 8.41. The molecule has 2 N–H and O–H groups in total. The molecule has 0 atom stereocenters. The molecule has 0 aliphatic rings. The van der Waals surface area contributed by atoms with Crippen LogP contribution in [0.3, 0.4) is 0 Å². The standard InChI is InChI=1S/C48H52N2O2S2/c1-29(2)53-41-25-35(47(5,6)7)23-33(45(41)51)27-49-39-21-19-31-15-11-13-17-37(31)43(39)44-38-18-14-12-16-32(38)20-22-40(44)50-28-34-24-36(48(8,9)10)26-42(46(34)52)54-30(3)4/h11-30,51-52H,1-10H3. The number of hydrogen-bond donors (Lipinski definition) is 2. The van der Waals surface area contributed by atoms with Gasteiger partial charge in [0, 0.05) is 45.2 Å². The molecular weight excluding hydrogens is 701 g/mol. The van der Waals surface area contributed by atoms with Crippen LogP contribution < -0.4 is 0 Å². The molecule has 6 aromatic rings. The molecule has 0 saturated carbocycles. The van der Waals surface area contributed by atoms with Crippen molar-refractivity contribution >= 4 is 68.9 Å². The number of thioether (sulfide) groups is 2. The van der Waals surface area contributed by atoms with Gasteiger partial charge in [0.25, 0.3) is 0 Å². The summed E-state index contributed by atoms with van der Waals surface area (Å²) in [6.07, 6.45) is 3.61. The van der Waals surface area contributed by atoms with E-state index >= 15 is 0 Å². The van der Waals surface area contributed by atoms with Crippen LogP contribution in [-0.4, -0.2) is 33.1 Å². The van der Waals surface area contributed by atoms with Crippen molar-refractivity contribution in [2.24, 2.45) is 9.98 Å². The Labute approximate surface area is 329 Å². The van der Waals surface area contributed by atoms with E-state index < -0.39 is 0 Å². The highest BCUT2D eigenvalue weighted by molar-refractivity contribution is 8.00. The van der Waals surface area contributed by atoms with Gasteiger partial charge in [-0.05, 0) is 79.9 Å². The number of hydrogen-bond acceptors (Lipinski definition) is 6. The van der Waals surface area contributed by atoms with Crippen molar-refractivity contribution in [2.75, 3.05) is 0 Å². The quantitative estimate of drug-likeness (QED) is 0.114. The molecule has 0 bridgehead atoms. The van der Waals surface area contributed by atoms with Gasteiger partial charge in [-0.3, -0.25) is 9.98 Å². The molecule has 0 fully saturated rings. The average Bonchev–Trinajstić information content (AvgIpc) is 3.10. The molecule has 278 valence electrons. The van der Waals surface area contributed by atoms with E-state index in [1.165, 1.54) is 0 Å². The molecule has 0 radical (unpaired) electrons. The lowest BCUT2D eigenvalue weighted by molar-refractivity contribution is 0.459. The predicted molar refractivity (Wildman–Crippen MR) is 237 cm³/mol. The average molecular weight is 753 g/mol. The van der Waals surface area contributed by atoms with Crippen LogP contribution in [0.1, 0.15) is 91.5 Å². The molecule has 6 rings (SSSR count). The van der Waals surface area contributed by atoms with Crippen LogP contribution in [0.2, 0.25) is 0 Å². The van der Waals surface area contributed by atoms with E-state index in [4.69, 9.17) is 9.98 Å². The van der Waals surface area contributed by atoms with Crippen LogP contribution in [-0.2, 0) is 10.8 Å². The summed E-state index contributed by atoms with van der Waals surface area (Å²) in [5, 5.41) is 28.0. The molecule has 0 saturated heterocycles. The number of aromatic hydroxyl groups is 2. The topological polar surface area (TPSA) is 65.2 Å². The van der Waals surface area contributed by atoms with Gasteiger partial charge < -0.3 is 10.2 Å². The lowest BCUT2D eigenvalue weighted by Crippen LogP contribution is -2.12. The van der Waals surface area contributed by atoms with Crippen LogP contribution in [0.15, 0.2) is 117 Å². The second-order valence-electron chi connectivity index (χ2n) is 16.5. The Morgan fingerprint density at radius 2 is 0.889 bits per heavy atom. The minimum Gasteiger partial charge on any atom is -0.506 e. The van der Waals surface area contributed by atoms with Gasteiger partial charge in [0.1, 0.15) is 11.5 Å². The van der Waals surface area contributed by atoms with Crippen molar-refractivity contribution in [3.8, 4) is 22.6 Å². The lowest BCUT2D eigenvalue weighted by atomic mass is 9.86. The van der Waals surface area contributed by atoms with Crippen LogP contribution >= 0.6 is 23.5 Å². The summed E-state index contributed by atoms with van der Waals surface area (Å²) in [5.74, 6) is 0.492. The molecule has 6 aromatic carbocycles. The number of rotatable bonds is 9. The zero-order valence-electron chi connectivity index (χ0n) is 33.2. The first kappa shape index (κ1) is 39.2. The normalized spacial score (nSPS) is 12.7. The third kappa shape index (κ3) is 8.56. The summed E-state index contributed by atoms with van der Waals surface area (Å²) in [6, 6.07) is 33.4. The van der Waals surface area contributed by atoms with Gasteiger partial charge in [0.05, 0.1) is 21.2 Å². The Balaban J connectivity index is 1.59. The molecule has 0 aromatic heterocycles. The third-order valence-corrected chi connectivity index (χ3v) is 11.5. The largest absolute Gasteiger partial charge is 0.506 e. The van der Waals surface area contributed by atoms with E-state index in [0.29, 0.717) is 21.6 Å². The van der Waals surface area contributed by atoms with Crippen LogP contribution in [0.5, 0.6) is 11.5 Å². The van der Waals surface area contributed by atoms with Crippen molar-refractivity contribution in [3.63, 3.8) is 0 Å². The van der Waals surface area contributed by atoms with Crippen molar-refractivity contribution in [1.82, 2.24) is 0 Å². The van der Waals surface area contributed by atoms with E-state index in [1.807, 2.05) is 0 Å². The lowest BCUT2D eigenvalue weighted by Gasteiger charge is -2.22. The number of phenolic OH excluding ortho intramolecular Hbond substituents is 2. The van der Waals surface area contributed by atoms with E-state index in [0.717, 1.165) is 65.0 Å². The van der Waals surface area contributed by atoms with Gasteiger partial charge in [-0.2, -0.15) is 0 Å². The summed E-state index contributed by atoms with van der Waals surface area (Å²) in [4.78, 5) is 12.1. The second-order valence-corrected chi connectivity index (χ2v) is 19.8. The van der Waals surface area contributed by atoms with Crippen molar-refractivity contribution in [2.45, 2.75) is 100 Å². The van der Waals surface area contributed by atoms with Crippen LogP contribution in [0.25, 0.3) is 32.7 Å². The maximum absolute atomic E-state index is 11.5. The number of benzene rings is 6. The van der Waals surface area contributed by atoms with Gasteiger partial charge in [-0.25, -0.2) is 0 Å². The molecule has 0 spiro atoms.